The first kappa shape index (κ1) is 8.90. The Morgan fingerprint density at radius 1 is 1.44 bits per heavy atom. The van der Waals surface area contributed by atoms with Gasteiger partial charge in [-0.2, -0.15) is 0 Å². The molecule has 2 aromatic heterocycles. The van der Waals surface area contributed by atoms with Crippen LogP contribution in [0.2, 0.25) is 0 Å². The van der Waals surface area contributed by atoms with Crippen molar-refractivity contribution < 1.29 is 4.74 Å². The van der Waals surface area contributed by atoms with Crippen LogP contribution in [0.3, 0.4) is 0 Å². The predicted molar refractivity (Wildman–Crippen MR) is 62.9 cm³/mol. The van der Waals surface area contributed by atoms with E-state index in [1.54, 1.807) is 17.7 Å². The molecule has 0 aliphatic carbocycles. The van der Waals surface area contributed by atoms with E-state index >= 15 is 0 Å². The number of morpholine rings is 1. The maximum Gasteiger partial charge on any atom is 0.150 e. The maximum atomic E-state index is 5.62. The Balaban J connectivity index is 1.84. The molecule has 4 heterocycles. The zero-order valence-electron chi connectivity index (χ0n) is 8.67. The van der Waals surface area contributed by atoms with Gasteiger partial charge in [0.15, 0.2) is 0 Å². The summed E-state index contributed by atoms with van der Waals surface area (Å²) >= 11 is 1.72. The summed E-state index contributed by atoms with van der Waals surface area (Å²) in [4.78, 5) is 11.1. The van der Waals surface area contributed by atoms with Crippen molar-refractivity contribution in [2.45, 2.75) is 18.6 Å². The lowest BCUT2D eigenvalue weighted by molar-refractivity contribution is 0.0990. The molecule has 16 heavy (non-hydrogen) atoms. The number of aromatic nitrogens is 2. The Morgan fingerprint density at radius 3 is 3.25 bits per heavy atom. The number of rotatable bonds is 1. The molecule has 2 unspecified atom stereocenters. The summed E-state index contributed by atoms with van der Waals surface area (Å²) < 4.78 is 6.82. The second-order valence-electron chi connectivity index (χ2n) is 4.33. The van der Waals surface area contributed by atoms with Crippen molar-refractivity contribution in [2.24, 2.45) is 0 Å². The van der Waals surface area contributed by atoms with Gasteiger partial charge in [0.1, 0.15) is 12.1 Å². The zero-order chi connectivity index (χ0) is 10.5. The number of anilines is 1. The van der Waals surface area contributed by atoms with E-state index in [4.69, 9.17) is 4.74 Å². The third-order valence-corrected chi connectivity index (χ3v) is 4.30. The number of nitrogens with zero attached hydrogens (tertiary/aromatic N) is 3. The summed E-state index contributed by atoms with van der Waals surface area (Å²) in [6, 6.07) is 2.57. The lowest BCUT2D eigenvalue weighted by atomic mass is 10.2. The minimum Gasteiger partial charge on any atom is -0.374 e. The van der Waals surface area contributed by atoms with Gasteiger partial charge in [0.2, 0.25) is 0 Å². The quantitative estimate of drug-likeness (QED) is 0.751. The van der Waals surface area contributed by atoms with E-state index in [0.29, 0.717) is 12.1 Å². The van der Waals surface area contributed by atoms with Gasteiger partial charge in [-0.3, -0.25) is 0 Å². The standard InChI is InChI=1S/C11H11N3OS/c1-2-16-10-9(1)12-6-13-11(10)14-4-8-3-7(14)5-15-8/h1-2,6-8H,3-5H2. The molecule has 2 atom stereocenters. The average molecular weight is 233 g/mol. The summed E-state index contributed by atoms with van der Waals surface area (Å²) in [6.45, 7) is 1.83. The Bertz CT molecular complexity index is 541. The minimum atomic E-state index is 0.412. The van der Waals surface area contributed by atoms with Gasteiger partial charge in [0.25, 0.3) is 0 Å². The van der Waals surface area contributed by atoms with Crippen LogP contribution in [0.25, 0.3) is 10.2 Å². The third kappa shape index (κ3) is 1.13. The van der Waals surface area contributed by atoms with E-state index < -0.39 is 0 Å². The normalized spacial score (nSPS) is 28.1. The van der Waals surface area contributed by atoms with Crippen molar-refractivity contribution in [2.75, 3.05) is 18.1 Å². The van der Waals surface area contributed by atoms with Crippen LogP contribution >= 0.6 is 11.3 Å². The van der Waals surface area contributed by atoms with Crippen LogP contribution in [0.15, 0.2) is 17.8 Å². The molecule has 0 radical (unpaired) electrons. The van der Waals surface area contributed by atoms with Crippen LogP contribution < -0.4 is 4.90 Å². The highest BCUT2D eigenvalue weighted by Crippen LogP contribution is 2.36. The van der Waals surface area contributed by atoms with Gasteiger partial charge in [0.05, 0.1) is 29.0 Å². The van der Waals surface area contributed by atoms with Crippen molar-refractivity contribution in [1.82, 2.24) is 9.97 Å². The van der Waals surface area contributed by atoms with Crippen molar-refractivity contribution in [3.05, 3.63) is 17.8 Å². The molecule has 2 aliphatic rings. The monoisotopic (exact) mass is 233 g/mol. The highest BCUT2D eigenvalue weighted by molar-refractivity contribution is 7.17. The summed E-state index contributed by atoms with van der Waals surface area (Å²) in [5.41, 5.74) is 1.05. The van der Waals surface area contributed by atoms with E-state index in [2.05, 4.69) is 26.3 Å². The van der Waals surface area contributed by atoms with Crippen molar-refractivity contribution in [3.63, 3.8) is 0 Å². The maximum absolute atomic E-state index is 5.62. The molecule has 2 fully saturated rings. The second-order valence-corrected chi connectivity index (χ2v) is 5.25. The van der Waals surface area contributed by atoms with Crippen LogP contribution in [-0.4, -0.2) is 35.3 Å². The first-order chi connectivity index (χ1) is 7.92. The van der Waals surface area contributed by atoms with Crippen molar-refractivity contribution in [1.29, 1.82) is 0 Å². The van der Waals surface area contributed by atoms with E-state index in [1.165, 1.54) is 4.70 Å². The summed E-state index contributed by atoms with van der Waals surface area (Å²) in [7, 11) is 0. The fraction of sp³-hybridized carbons (Fsp3) is 0.455. The lowest BCUT2D eigenvalue weighted by Crippen LogP contribution is -2.37. The van der Waals surface area contributed by atoms with E-state index in [1.807, 2.05) is 0 Å². The predicted octanol–water partition coefficient (Wildman–Crippen LogP) is 1.67. The van der Waals surface area contributed by atoms with Gasteiger partial charge >= 0.3 is 0 Å². The number of fused-ring (bicyclic) bond motifs is 3. The van der Waals surface area contributed by atoms with Gasteiger partial charge in [-0.25, -0.2) is 9.97 Å². The number of hydrogen-bond donors (Lipinski definition) is 0. The molecule has 2 aromatic rings. The summed E-state index contributed by atoms with van der Waals surface area (Å²) in [5, 5.41) is 2.08. The third-order valence-electron chi connectivity index (χ3n) is 3.40. The molecule has 0 amide bonds. The fourth-order valence-corrected chi connectivity index (χ4v) is 3.49. The van der Waals surface area contributed by atoms with Gasteiger partial charge in [-0.05, 0) is 17.9 Å². The molecule has 82 valence electrons. The van der Waals surface area contributed by atoms with E-state index in [0.717, 1.165) is 30.9 Å². The first-order valence-electron chi connectivity index (χ1n) is 5.48. The van der Waals surface area contributed by atoms with Crippen LogP contribution in [-0.2, 0) is 4.74 Å². The molecule has 0 saturated carbocycles. The topological polar surface area (TPSA) is 38.2 Å². The van der Waals surface area contributed by atoms with Crippen molar-refractivity contribution in [3.8, 4) is 0 Å². The molecule has 2 aliphatic heterocycles. The Labute approximate surface area is 96.9 Å². The molecule has 4 rings (SSSR count). The molecule has 0 aromatic carbocycles. The van der Waals surface area contributed by atoms with Crippen LogP contribution in [0.4, 0.5) is 5.82 Å². The number of hydrogen-bond acceptors (Lipinski definition) is 5. The van der Waals surface area contributed by atoms with Crippen LogP contribution in [0.5, 0.6) is 0 Å². The van der Waals surface area contributed by atoms with E-state index in [-0.39, 0.29) is 0 Å². The second kappa shape index (κ2) is 3.15. The highest BCUT2D eigenvalue weighted by atomic mass is 32.1. The van der Waals surface area contributed by atoms with Gasteiger partial charge in [-0.15, -0.1) is 11.3 Å². The average Bonchev–Trinajstić information content (AvgIpc) is 3.03. The smallest absolute Gasteiger partial charge is 0.150 e. The molecule has 0 spiro atoms. The van der Waals surface area contributed by atoms with Gasteiger partial charge in [0, 0.05) is 6.54 Å². The first-order valence-corrected chi connectivity index (χ1v) is 6.36. The highest BCUT2D eigenvalue weighted by Gasteiger charge is 2.40. The van der Waals surface area contributed by atoms with Gasteiger partial charge in [-0.1, -0.05) is 0 Å². The molecule has 4 nitrogen and oxygen atoms in total. The van der Waals surface area contributed by atoms with Crippen LogP contribution in [0.1, 0.15) is 6.42 Å². The summed E-state index contributed by atoms with van der Waals surface area (Å²) in [5.74, 6) is 1.09. The molecular weight excluding hydrogens is 222 g/mol. The minimum absolute atomic E-state index is 0.412. The van der Waals surface area contributed by atoms with E-state index in [9.17, 15) is 0 Å². The SMILES string of the molecule is c1nc(N2CC3CC2CO3)c2sccc2n1. The fourth-order valence-electron chi connectivity index (χ4n) is 2.64. The number of thiophene rings is 1. The molecule has 0 N–H and O–H groups in total. The Morgan fingerprint density at radius 2 is 2.44 bits per heavy atom. The summed E-state index contributed by atoms with van der Waals surface area (Å²) in [6.07, 6.45) is 3.23. The zero-order valence-corrected chi connectivity index (χ0v) is 9.48. The Kier molecular flexibility index (Phi) is 1.75. The van der Waals surface area contributed by atoms with Crippen molar-refractivity contribution >= 4 is 27.4 Å². The lowest BCUT2D eigenvalue weighted by Gasteiger charge is -2.27. The molecular formula is C11H11N3OS. The molecule has 5 heteroatoms. The molecule has 2 bridgehead atoms. The van der Waals surface area contributed by atoms with Crippen LogP contribution in [0, 0.1) is 0 Å². The van der Waals surface area contributed by atoms with Gasteiger partial charge < -0.3 is 9.64 Å². The Hall–Kier alpha value is -1.20. The molecule has 2 saturated heterocycles. The number of ether oxygens (including phenoxy) is 1. The largest absolute Gasteiger partial charge is 0.374 e.